The lowest BCUT2D eigenvalue weighted by Gasteiger charge is -2.20. The molecule has 0 aromatic rings. The monoisotopic (exact) mass is 283 g/mol. The predicted molar refractivity (Wildman–Crippen MR) is 61.7 cm³/mol. The second-order valence-electron chi connectivity index (χ2n) is 4.63. The first-order chi connectivity index (χ1) is 8.65. The zero-order valence-electron chi connectivity index (χ0n) is 11.4. The summed E-state index contributed by atoms with van der Waals surface area (Å²) < 4.78 is 37.4. The van der Waals surface area contributed by atoms with E-state index in [1.54, 1.807) is 20.8 Å². The van der Waals surface area contributed by atoms with Crippen LogP contribution in [-0.4, -0.2) is 44.0 Å². The van der Waals surface area contributed by atoms with Crippen LogP contribution in [0.1, 0.15) is 27.2 Å². The first-order valence-electron chi connectivity index (χ1n) is 5.64. The largest absolute Gasteiger partial charge is 0.467 e. The van der Waals surface area contributed by atoms with Crippen LogP contribution in [0.4, 0.5) is 13.6 Å². The van der Waals surface area contributed by atoms with Crippen molar-refractivity contribution in [2.75, 3.05) is 13.7 Å². The number of alkyl carbamates (subject to hydrolysis) is 1. The fourth-order valence-corrected chi connectivity index (χ4v) is 1.12. The molecule has 0 aromatic carbocycles. The molecule has 0 radical (unpaired) electrons. The molecule has 0 saturated carbocycles. The summed E-state index contributed by atoms with van der Waals surface area (Å²) in [7, 11) is 1.06. The van der Waals surface area contributed by atoms with Crippen molar-refractivity contribution in [3.63, 3.8) is 0 Å². The Morgan fingerprint density at radius 1 is 1.26 bits per heavy atom. The molecule has 1 unspecified atom stereocenters. The van der Waals surface area contributed by atoms with Crippen LogP contribution < -0.4 is 5.32 Å². The molecule has 6 nitrogen and oxygen atoms in total. The molecule has 0 spiro atoms. The van der Waals surface area contributed by atoms with Gasteiger partial charge in [-0.1, -0.05) is 0 Å². The van der Waals surface area contributed by atoms with E-state index < -0.39 is 30.4 Å². The van der Waals surface area contributed by atoms with Gasteiger partial charge in [-0.05, 0) is 20.8 Å². The highest BCUT2D eigenvalue weighted by Crippen LogP contribution is 2.08. The van der Waals surface area contributed by atoms with Gasteiger partial charge >= 0.3 is 18.7 Å². The van der Waals surface area contributed by atoms with E-state index >= 15 is 0 Å². The number of carbonyl (C=O) groups is 2. The highest BCUT2D eigenvalue weighted by Gasteiger charge is 2.24. The summed E-state index contributed by atoms with van der Waals surface area (Å²) in [5, 5.41) is 2.33. The standard InChI is InChI=1S/C11H19F2NO5/c1-11(2,3)19-10(16)14-6-5-7(8(15)17-4)18-9(12)13/h7,9H,5-6H2,1-4H3,(H,14,16). The molecule has 0 bridgehead atoms. The van der Waals surface area contributed by atoms with E-state index in [1.807, 2.05) is 0 Å². The Kier molecular flexibility index (Phi) is 7.28. The van der Waals surface area contributed by atoms with Gasteiger partial charge in [-0.15, -0.1) is 0 Å². The van der Waals surface area contributed by atoms with E-state index in [-0.39, 0.29) is 13.0 Å². The molecule has 0 aliphatic carbocycles. The van der Waals surface area contributed by atoms with Crippen molar-refractivity contribution in [3.05, 3.63) is 0 Å². The third-order valence-electron chi connectivity index (χ3n) is 1.81. The van der Waals surface area contributed by atoms with Crippen molar-refractivity contribution in [2.24, 2.45) is 0 Å². The second kappa shape index (κ2) is 7.88. The van der Waals surface area contributed by atoms with Gasteiger partial charge in [-0.25, -0.2) is 9.59 Å². The van der Waals surface area contributed by atoms with Crippen LogP contribution in [0, 0.1) is 0 Å². The lowest BCUT2D eigenvalue weighted by atomic mass is 10.2. The second-order valence-corrected chi connectivity index (χ2v) is 4.63. The number of rotatable bonds is 6. The molecule has 0 aliphatic heterocycles. The first-order valence-corrected chi connectivity index (χ1v) is 5.64. The smallest absolute Gasteiger partial charge is 0.407 e. The minimum absolute atomic E-state index is 0.0542. The topological polar surface area (TPSA) is 73.9 Å². The lowest BCUT2D eigenvalue weighted by Crippen LogP contribution is -2.36. The molecule has 0 fully saturated rings. The van der Waals surface area contributed by atoms with Crippen molar-refractivity contribution < 1.29 is 32.6 Å². The molecule has 1 amide bonds. The molecule has 0 heterocycles. The van der Waals surface area contributed by atoms with Crippen molar-refractivity contribution in [2.45, 2.75) is 45.5 Å². The molecule has 112 valence electrons. The number of ether oxygens (including phenoxy) is 3. The number of amides is 1. The third-order valence-corrected chi connectivity index (χ3v) is 1.81. The van der Waals surface area contributed by atoms with Crippen LogP contribution in [-0.2, 0) is 19.0 Å². The molecule has 8 heteroatoms. The number of halogens is 2. The molecular weight excluding hydrogens is 264 g/mol. The molecular formula is C11H19F2NO5. The van der Waals surface area contributed by atoms with E-state index in [4.69, 9.17) is 4.74 Å². The maximum absolute atomic E-state index is 12.0. The number of hydrogen-bond donors (Lipinski definition) is 1. The van der Waals surface area contributed by atoms with Crippen molar-refractivity contribution >= 4 is 12.1 Å². The van der Waals surface area contributed by atoms with Crippen LogP contribution in [0.25, 0.3) is 0 Å². The van der Waals surface area contributed by atoms with Crippen LogP contribution in [0.2, 0.25) is 0 Å². The van der Waals surface area contributed by atoms with Crippen molar-refractivity contribution in [3.8, 4) is 0 Å². The van der Waals surface area contributed by atoms with Gasteiger partial charge in [0.05, 0.1) is 7.11 Å². The molecule has 0 aromatic heterocycles. The van der Waals surface area contributed by atoms with Crippen LogP contribution in [0.15, 0.2) is 0 Å². The molecule has 19 heavy (non-hydrogen) atoms. The minimum Gasteiger partial charge on any atom is -0.467 e. The van der Waals surface area contributed by atoms with E-state index in [0.29, 0.717) is 0 Å². The molecule has 0 aliphatic rings. The number of esters is 1. The average molecular weight is 283 g/mol. The first kappa shape index (κ1) is 17.6. The molecule has 1 atom stereocenters. The van der Waals surface area contributed by atoms with Gasteiger partial charge in [0, 0.05) is 13.0 Å². The highest BCUT2D eigenvalue weighted by atomic mass is 19.3. The van der Waals surface area contributed by atoms with E-state index in [2.05, 4.69) is 14.8 Å². The lowest BCUT2D eigenvalue weighted by molar-refractivity contribution is -0.190. The fourth-order valence-electron chi connectivity index (χ4n) is 1.12. The number of nitrogens with one attached hydrogen (secondary N) is 1. The number of methoxy groups -OCH3 is 1. The highest BCUT2D eigenvalue weighted by molar-refractivity contribution is 5.74. The summed E-state index contributed by atoms with van der Waals surface area (Å²) in [6.07, 6.45) is -2.27. The Labute approximate surface area is 110 Å². The van der Waals surface area contributed by atoms with Gasteiger partial charge in [0.2, 0.25) is 0 Å². The van der Waals surface area contributed by atoms with Crippen molar-refractivity contribution in [1.29, 1.82) is 0 Å². The number of alkyl halides is 2. The maximum atomic E-state index is 12.0. The zero-order valence-corrected chi connectivity index (χ0v) is 11.4. The normalized spacial score (nSPS) is 13.0. The van der Waals surface area contributed by atoms with Gasteiger partial charge in [0.1, 0.15) is 5.60 Å². The quantitative estimate of drug-likeness (QED) is 0.751. The Hall–Kier alpha value is -1.44. The predicted octanol–water partition coefficient (Wildman–Crippen LogP) is 1.68. The molecule has 0 saturated heterocycles. The van der Waals surface area contributed by atoms with Crippen molar-refractivity contribution in [1.82, 2.24) is 5.32 Å². The summed E-state index contributed by atoms with van der Waals surface area (Å²) in [4.78, 5) is 22.4. The van der Waals surface area contributed by atoms with E-state index in [9.17, 15) is 18.4 Å². The third kappa shape index (κ3) is 9.18. The van der Waals surface area contributed by atoms with Crippen LogP contribution >= 0.6 is 0 Å². The van der Waals surface area contributed by atoms with E-state index in [0.717, 1.165) is 7.11 Å². The Morgan fingerprint density at radius 2 is 1.84 bits per heavy atom. The summed E-state index contributed by atoms with van der Waals surface area (Å²) in [6, 6.07) is 0. The van der Waals surface area contributed by atoms with Gasteiger partial charge in [-0.2, -0.15) is 8.78 Å². The van der Waals surface area contributed by atoms with Crippen LogP contribution in [0.3, 0.4) is 0 Å². The molecule has 1 N–H and O–H groups in total. The SMILES string of the molecule is COC(=O)C(CCNC(=O)OC(C)(C)C)OC(F)F. The fraction of sp³-hybridized carbons (Fsp3) is 0.818. The van der Waals surface area contributed by atoms with E-state index in [1.165, 1.54) is 0 Å². The summed E-state index contributed by atoms with van der Waals surface area (Å²) in [5.74, 6) is -0.925. The Morgan fingerprint density at radius 3 is 2.26 bits per heavy atom. The number of carbonyl (C=O) groups excluding carboxylic acids is 2. The van der Waals surface area contributed by atoms with Crippen LogP contribution in [0.5, 0.6) is 0 Å². The minimum atomic E-state index is -3.09. The van der Waals surface area contributed by atoms with Gasteiger partial charge in [0.15, 0.2) is 6.10 Å². The van der Waals surface area contributed by atoms with Gasteiger partial charge in [0.25, 0.3) is 0 Å². The summed E-state index contributed by atoms with van der Waals surface area (Å²) >= 11 is 0. The Bertz CT molecular complexity index is 304. The van der Waals surface area contributed by atoms with Gasteiger partial charge < -0.3 is 19.5 Å². The Balaban J connectivity index is 4.12. The average Bonchev–Trinajstić information content (AvgIpc) is 2.23. The van der Waals surface area contributed by atoms with Gasteiger partial charge in [-0.3, -0.25) is 0 Å². The zero-order chi connectivity index (χ0) is 15.1. The maximum Gasteiger partial charge on any atom is 0.407 e. The number of hydrogen-bond acceptors (Lipinski definition) is 5. The summed E-state index contributed by atoms with van der Waals surface area (Å²) in [6.45, 7) is 1.91. The molecule has 0 rings (SSSR count). The summed E-state index contributed by atoms with van der Waals surface area (Å²) in [5.41, 5.74) is -0.661.